The number of nitrogens with zero attached hydrogens (tertiary/aromatic N) is 2. The SMILES string of the molecule is CC[P+](=S)N(C)/N=C/c1ccc(OC(C)(C)C2=CC2)c(C)c1. The Hall–Kier alpha value is -1.25. The molecule has 0 bridgehead atoms. The largest absolute Gasteiger partial charge is 0.483 e. The number of hydrazone groups is 1. The van der Waals surface area contributed by atoms with Gasteiger partial charge in [0.15, 0.2) is 11.8 Å². The summed E-state index contributed by atoms with van der Waals surface area (Å²) >= 11 is 5.36. The Kier molecular flexibility index (Phi) is 5.36. The monoisotopic (exact) mass is 335 g/mol. The second-order valence-electron chi connectivity index (χ2n) is 5.97. The van der Waals surface area contributed by atoms with Crippen LogP contribution in [0, 0.1) is 6.92 Å². The van der Waals surface area contributed by atoms with Gasteiger partial charge in [-0.25, -0.2) is 0 Å². The first-order valence-electron chi connectivity index (χ1n) is 7.55. The van der Waals surface area contributed by atoms with Crippen molar-refractivity contribution < 1.29 is 4.74 Å². The molecule has 0 saturated carbocycles. The van der Waals surface area contributed by atoms with Crippen LogP contribution in [-0.4, -0.2) is 29.8 Å². The zero-order valence-corrected chi connectivity index (χ0v) is 15.7. The van der Waals surface area contributed by atoms with Crippen molar-refractivity contribution in [2.75, 3.05) is 13.2 Å². The third-order valence-corrected chi connectivity index (χ3v) is 6.49. The fourth-order valence-electron chi connectivity index (χ4n) is 2.16. The van der Waals surface area contributed by atoms with E-state index < -0.39 is 6.85 Å². The van der Waals surface area contributed by atoms with Crippen molar-refractivity contribution in [2.45, 2.75) is 39.7 Å². The van der Waals surface area contributed by atoms with Gasteiger partial charge in [0.2, 0.25) is 0 Å². The van der Waals surface area contributed by atoms with Gasteiger partial charge in [-0.2, -0.15) is 0 Å². The number of aryl methyl sites for hydroxylation is 1. The first kappa shape index (κ1) is 17.1. The van der Waals surface area contributed by atoms with E-state index in [1.807, 2.05) is 30.2 Å². The van der Waals surface area contributed by atoms with E-state index in [0.717, 1.165) is 29.5 Å². The molecule has 118 valence electrons. The van der Waals surface area contributed by atoms with E-state index in [1.165, 1.54) is 5.57 Å². The average Bonchev–Trinajstić information content (AvgIpc) is 3.31. The molecule has 0 aliphatic heterocycles. The molecule has 0 spiro atoms. The first-order valence-corrected chi connectivity index (χ1v) is 10.0. The van der Waals surface area contributed by atoms with E-state index in [4.69, 9.17) is 16.5 Å². The molecule has 0 saturated heterocycles. The second-order valence-corrected chi connectivity index (χ2v) is 9.15. The number of rotatable bonds is 7. The van der Waals surface area contributed by atoms with Gasteiger partial charge in [-0.3, -0.25) is 0 Å². The van der Waals surface area contributed by atoms with E-state index >= 15 is 0 Å². The van der Waals surface area contributed by atoms with E-state index in [1.54, 1.807) is 0 Å². The fourth-order valence-corrected chi connectivity index (χ4v) is 2.87. The van der Waals surface area contributed by atoms with Crippen molar-refractivity contribution in [1.29, 1.82) is 0 Å². The number of ether oxygens (including phenoxy) is 1. The lowest BCUT2D eigenvalue weighted by atomic mass is 10.1. The first-order chi connectivity index (χ1) is 10.3. The quantitative estimate of drug-likeness (QED) is 0.314. The molecule has 1 atom stereocenters. The lowest BCUT2D eigenvalue weighted by Gasteiger charge is -2.25. The van der Waals surface area contributed by atoms with Crippen molar-refractivity contribution in [2.24, 2.45) is 5.10 Å². The standard InChI is InChI=1S/C17H24N2OPS/c1-6-21(22)19(5)18-12-14-7-10-16(13(2)11-14)20-17(3,4)15-8-9-15/h7-8,10-12H,6,9H2,1-5H3/q+1/b18-12+. The van der Waals surface area contributed by atoms with Crippen LogP contribution in [0.5, 0.6) is 5.75 Å². The smallest absolute Gasteiger partial charge is 0.309 e. The number of hydrogen-bond acceptors (Lipinski definition) is 3. The van der Waals surface area contributed by atoms with Gasteiger partial charge in [-0.05, 0) is 69.0 Å². The molecule has 2 rings (SSSR count). The highest BCUT2D eigenvalue weighted by Crippen LogP contribution is 2.36. The number of allylic oxidation sites excluding steroid dienone is 1. The number of hydrogen-bond donors (Lipinski definition) is 0. The molecule has 22 heavy (non-hydrogen) atoms. The van der Waals surface area contributed by atoms with Crippen LogP contribution >= 0.6 is 6.85 Å². The molecule has 3 nitrogen and oxygen atoms in total. The molecular weight excluding hydrogens is 311 g/mol. The molecule has 0 N–H and O–H groups in total. The van der Waals surface area contributed by atoms with Crippen LogP contribution in [0.4, 0.5) is 0 Å². The normalized spacial score (nSPS) is 14.8. The Morgan fingerprint density at radius 2 is 2.14 bits per heavy atom. The van der Waals surface area contributed by atoms with Gasteiger partial charge >= 0.3 is 6.85 Å². The van der Waals surface area contributed by atoms with Crippen LogP contribution in [0.25, 0.3) is 0 Å². The molecule has 0 aromatic heterocycles. The molecule has 1 aliphatic rings. The predicted octanol–water partition coefficient (Wildman–Crippen LogP) is 4.63. The Labute approximate surface area is 139 Å². The van der Waals surface area contributed by atoms with Gasteiger partial charge < -0.3 is 4.74 Å². The van der Waals surface area contributed by atoms with Gasteiger partial charge in [0.25, 0.3) is 0 Å². The van der Waals surface area contributed by atoms with Crippen molar-refractivity contribution in [3.8, 4) is 5.75 Å². The lowest BCUT2D eigenvalue weighted by molar-refractivity contribution is 0.152. The number of benzene rings is 1. The third-order valence-electron chi connectivity index (χ3n) is 3.71. The van der Waals surface area contributed by atoms with E-state index in [-0.39, 0.29) is 5.60 Å². The topological polar surface area (TPSA) is 24.8 Å². The molecule has 1 aromatic carbocycles. The minimum atomic E-state index is -0.581. The molecule has 0 radical (unpaired) electrons. The predicted molar refractivity (Wildman–Crippen MR) is 98.8 cm³/mol. The summed E-state index contributed by atoms with van der Waals surface area (Å²) in [6.45, 7) is 7.82. The summed E-state index contributed by atoms with van der Waals surface area (Å²) in [7, 11) is 1.94. The van der Waals surface area contributed by atoms with Crippen LogP contribution in [-0.2, 0) is 11.8 Å². The summed E-state index contributed by atoms with van der Waals surface area (Å²) in [4.78, 5) is 0. The molecule has 5 heteroatoms. The zero-order chi connectivity index (χ0) is 16.3. The van der Waals surface area contributed by atoms with Crippen LogP contribution < -0.4 is 4.74 Å². The minimum absolute atomic E-state index is 0.208. The summed E-state index contributed by atoms with van der Waals surface area (Å²) in [6.07, 6.45) is 6.12. The minimum Gasteiger partial charge on any atom is -0.483 e. The van der Waals surface area contributed by atoms with Crippen LogP contribution in [0.15, 0.2) is 34.9 Å². The van der Waals surface area contributed by atoms with E-state index in [0.29, 0.717) is 0 Å². The van der Waals surface area contributed by atoms with Crippen molar-refractivity contribution in [3.63, 3.8) is 0 Å². The molecule has 1 aliphatic carbocycles. The summed E-state index contributed by atoms with van der Waals surface area (Å²) in [6, 6.07) is 6.16. The average molecular weight is 335 g/mol. The van der Waals surface area contributed by atoms with Crippen LogP contribution in [0.2, 0.25) is 0 Å². The van der Waals surface area contributed by atoms with Gasteiger partial charge in [0.05, 0.1) is 13.3 Å². The van der Waals surface area contributed by atoms with Crippen molar-refractivity contribution in [3.05, 3.63) is 41.0 Å². The maximum absolute atomic E-state index is 6.16. The highest BCUT2D eigenvalue weighted by molar-refractivity contribution is 8.04. The van der Waals surface area contributed by atoms with Gasteiger partial charge in [0.1, 0.15) is 17.5 Å². The summed E-state index contributed by atoms with van der Waals surface area (Å²) in [5.74, 6) is 0.933. The second kappa shape index (κ2) is 6.89. The Balaban J connectivity index is 2.08. The lowest BCUT2D eigenvalue weighted by Crippen LogP contribution is -2.27. The van der Waals surface area contributed by atoms with Crippen LogP contribution in [0.1, 0.15) is 38.3 Å². The molecule has 1 aromatic rings. The molecular formula is C17H24N2OPS+. The Morgan fingerprint density at radius 1 is 1.45 bits per heavy atom. The van der Waals surface area contributed by atoms with Gasteiger partial charge in [-0.15, -0.1) is 9.88 Å². The molecule has 1 unspecified atom stereocenters. The van der Waals surface area contributed by atoms with Gasteiger partial charge in [0, 0.05) is 0 Å². The maximum Gasteiger partial charge on any atom is 0.309 e. The van der Waals surface area contributed by atoms with Crippen LogP contribution in [0.3, 0.4) is 0 Å². The molecule has 0 amide bonds. The third kappa shape index (κ3) is 4.37. The van der Waals surface area contributed by atoms with Crippen molar-refractivity contribution in [1.82, 2.24) is 4.78 Å². The summed E-state index contributed by atoms with van der Waals surface area (Å²) in [5, 5.41) is 4.43. The summed E-state index contributed by atoms with van der Waals surface area (Å²) in [5.41, 5.74) is 3.35. The highest BCUT2D eigenvalue weighted by Gasteiger charge is 2.30. The molecule has 0 fully saturated rings. The van der Waals surface area contributed by atoms with Gasteiger partial charge in [-0.1, -0.05) is 6.08 Å². The Morgan fingerprint density at radius 3 is 2.68 bits per heavy atom. The Bertz CT molecular complexity index is 638. The fraction of sp³-hybridized carbons (Fsp3) is 0.471. The maximum atomic E-state index is 6.16. The van der Waals surface area contributed by atoms with E-state index in [9.17, 15) is 0 Å². The molecule has 0 heterocycles. The zero-order valence-electron chi connectivity index (χ0n) is 14.0. The highest BCUT2D eigenvalue weighted by atomic mass is 32.4. The van der Waals surface area contributed by atoms with Crippen molar-refractivity contribution >= 4 is 24.9 Å². The van der Waals surface area contributed by atoms with E-state index in [2.05, 4.69) is 44.9 Å². The summed E-state index contributed by atoms with van der Waals surface area (Å²) < 4.78 is 8.04.